The third kappa shape index (κ3) is 5.59. The van der Waals surface area contributed by atoms with Crippen LogP contribution in [0.15, 0.2) is 29.4 Å². The van der Waals surface area contributed by atoms with Gasteiger partial charge in [-0.2, -0.15) is 0 Å². The van der Waals surface area contributed by atoms with Crippen molar-refractivity contribution < 1.29 is 23.9 Å². The molecule has 0 aliphatic carbocycles. The van der Waals surface area contributed by atoms with Crippen LogP contribution in [0.3, 0.4) is 0 Å². The molecule has 0 N–H and O–H groups in total. The van der Waals surface area contributed by atoms with Crippen LogP contribution >= 0.6 is 23.1 Å². The second kappa shape index (κ2) is 10.2. The molecule has 134 valence electrons. The standard InChI is InChI=1S/C17H14N2O5S2/c1-3-10-22-16(20)24-18-15-19(9-12-25-17(21)23-11-4-2)13-7-5-6-8-14(13)26-15/h1-2,5-8H,9-12H2. The Morgan fingerprint density at radius 3 is 2.69 bits per heavy atom. The lowest BCUT2D eigenvalue weighted by atomic mass is 10.3. The summed E-state index contributed by atoms with van der Waals surface area (Å²) in [6.07, 6.45) is 9.05. The van der Waals surface area contributed by atoms with Gasteiger partial charge in [-0.1, -0.05) is 35.3 Å². The van der Waals surface area contributed by atoms with Crippen LogP contribution in [-0.4, -0.2) is 35.0 Å². The van der Waals surface area contributed by atoms with Crippen LogP contribution in [0.4, 0.5) is 9.59 Å². The molecule has 0 unspecified atom stereocenters. The summed E-state index contributed by atoms with van der Waals surface area (Å²) >= 11 is 2.33. The van der Waals surface area contributed by atoms with Crippen molar-refractivity contribution in [1.82, 2.24) is 4.57 Å². The highest BCUT2D eigenvalue weighted by atomic mass is 32.2. The summed E-state index contributed by atoms with van der Waals surface area (Å²) in [6, 6.07) is 7.59. The van der Waals surface area contributed by atoms with E-state index in [1.807, 2.05) is 28.8 Å². The maximum Gasteiger partial charge on any atom is 0.536 e. The van der Waals surface area contributed by atoms with Crippen LogP contribution < -0.4 is 4.80 Å². The molecule has 2 rings (SSSR count). The zero-order valence-corrected chi connectivity index (χ0v) is 15.2. The highest BCUT2D eigenvalue weighted by Crippen LogP contribution is 2.17. The van der Waals surface area contributed by atoms with Crippen molar-refractivity contribution >= 4 is 44.8 Å². The lowest BCUT2D eigenvalue weighted by Gasteiger charge is -2.04. The van der Waals surface area contributed by atoms with E-state index in [9.17, 15) is 9.59 Å². The van der Waals surface area contributed by atoms with Gasteiger partial charge in [0, 0.05) is 12.3 Å². The van der Waals surface area contributed by atoms with Gasteiger partial charge in [-0.25, -0.2) is 9.59 Å². The first-order chi connectivity index (χ1) is 12.7. The Morgan fingerprint density at radius 1 is 1.19 bits per heavy atom. The van der Waals surface area contributed by atoms with E-state index in [4.69, 9.17) is 22.4 Å². The average molecular weight is 390 g/mol. The summed E-state index contributed by atoms with van der Waals surface area (Å²) in [5.74, 6) is 4.82. The van der Waals surface area contributed by atoms with Gasteiger partial charge in [0.15, 0.2) is 13.2 Å². The minimum atomic E-state index is -0.987. The Kier molecular flexibility index (Phi) is 7.62. The van der Waals surface area contributed by atoms with Crippen molar-refractivity contribution in [3.63, 3.8) is 0 Å². The first-order valence-corrected chi connectivity index (χ1v) is 9.08. The van der Waals surface area contributed by atoms with Crippen molar-refractivity contribution in [3.05, 3.63) is 29.1 Å². The minimum Gasteiger partial charge on any atom is -0.444 e. The van der Waals surface area contributed by atoms with E-state index < -0.39 is 11.5 Å². The topological polar surface area (TPSA) is 79.1 Å². The number of para-hydroxylation sites is 1. The monoisotopic (exact) mass is 390 g/mol. The van der Waals surface area contributed by atoms with Crippen molar-refractivity contribution in [1.29, 1.82) is 0 Å². The molecule has 0 amide bonds. The van der Waals surface area contributed by atoms with E-state index in [2.05, 4.69) is 21.7 Å². The first-order valence-electron chi connectivity index (χ1n) is 7.28. The molecule has 1 aromatic heterocycles. The van der Waals surface area contributed by atoms with E-state index in [-0.39, 0.29) is 13.2 Å². The van der Waals surface area contributed by atoms with Crippen LogP contribution in [0.25, 0.3) is 10.2 Å². The molecule has 9 heteroatoms. The third-order valence-corrected chi connectivity index (χ3v) is 4.65. The summed E-state index contributed by atoms with van der Waals surface area (Å²) in [6.45, 7) is 0.188. The maximum absolute atomic E-state index is 11.5. The second-order valence-corrected chi connectivity index (χ2v) is 6.56. The van der Waals surface area contributed by atoms with Crippen molar-refractivity contribution in [3.8, 4) is 24.7 Å². The molecule has 0 atom stereocenters. The van der Waals surface area contributed by atoms with Gasteiger partial charge in [-0.3, -0.25) is 4.84 Å². The van der Waals surface area contributed by atoms with Gasteiger partial charge in [-0.15, -0.1) is 12.8 Å². The molecule has 2 aromatic rings. The van der Waals surface area contributed by atoms with Gasteiger partial charge in [0.1, 0.15) is 0 Å². The number of benzene rings is 1. The average Bonchev–Trinajstić information content (AvgIpc) is 3.00. The Hall–Kier alpha value is -2.88. The number of nitrogens with zero attached hydrogens (tertiary/aromatic N) is 2. The molecule has 1 aromatic carbocycles. The Bertz CT molecular complexity index is 933. The van der Waals surface area contributed by atoms with E-state index in [1.54, 1.807) is 0 Å². The molecular formula is C17H14N2O5S2. The van der Waals surface area contributed by atoms with Gasteiger partial charge < -0.3 is 14.0 Å². The number of thioether (sulfide) groups is 1. The number of terminal acetylenes is 2. The Labute approximate surface area is 157 Å². The fourth-order valence-corrected chi connectivity index (χ4v) is 3.46. The summed E-state index contributed by atoms with van der Waals surface area (Å²) in [5.41, 5.74) is 0.898. The molecule has 0 aliphatic heterocycles. The summed E-state index contributed by atoms with van der Waals surface area (Å²) in [4.78, 5) is 28.1. The van der Waals surface area contributed by atoms with Crippen LogP contribution in [0.5, 0.6) is 0 Å². The molecule has 7 nitrogen and oxygen atoms in total. The molecule has 26 heavy (non-hydrogen) atoms. The highest BCUT2D eigenvalue weighted by Gasteiger charge is 2.10. The fraction of sp³-hybridized carbons (Fsp3) is 0.235. The Morgan fingerprint density at radius 2 is 1.92 bits per heavy atom. The fourth-order valence-electron chi connectivity index (χ4n) is 1.87. The van der Waals surface area contributed by atoms with Gasteiger partial charge in [0.2, 0.25) is 4.80 Å². The number of hydrogen-bond acceptors (Lipinski definition) is 8. The predicted molar refractivity (Wildman–Crippen MR) is 99.3 cm³/mol. The molecule has 0 saturated heterocycles. The number of aryl methyl sites for hydroxylation is 1. The van der Waals surface area contributed by atoms with E-state index in [0.29, 0.717) is 17.1 Å². The normalized spacial score (nSPS) is 10.8. The lowest BCUT2D eigenvalue weighted by molar-refractivity contribution is 0.0630. The largest absolute Gasteiger partial charge is 0.536 e. The van der Waals surface area contributed by atoms with E-state index >= 15 is 0 Å². The van der Waals surface area contributed by atoms with Gasteiger partial charge in [0.05, 0.1) is 10.2 Å². The number of thiazole rings is 1. The highest BCUT2D eigenvalue weighted by molar-refractivity contribution is 8.13. The van der Waals surface area contributed by atoms with Crippen LogP contribution in [0.1, 0.15) is 0 Å². The zero-order chi connectivity index (χ0) is 18.8. The SMILES string of the molecule is C#CCOC(=O)ON=c1sc2ccccc2n1CCSC(=O)OCC#C. The van der Waals surface area contributed by atoms with Crippen molar-refractivity contribution in [2.75, 3.05) is 19.0 Å². The lowest BCUT2D eigenvalue weighted by Crippen LogP contribution is -2.18. The molecule has 0 fully saturated rings. The van der Waals surface area contributed by atoms with Gasteiger partial charge >= 0.3 is 11.5 Å². The number of rotatable bonds is 6. The second-order valence-electron chi connectivity index (χ2n) is 4.52. The van der Waals surface area contributed by atoms with Crippen molar-refractivity contribution in [2.45, 2.75) is 6.54 Å². The van der Waals surface area contributed by atoms with Gasteiger partial charge in [-0.05, 0) is 29.1 Å². The molecular weight excluding hydrogens is 376 g/mol. The van der Waals surface area contributed by atoms with Crippen LogP contribution in [0, 0.1) is 24.7 Å². The van der Waals surface area contributed by atoms with Crippen LogP contribution in [0.2, 0.25) is 0 Å². The number of hydrogen-bond donors (Lipinski definition) is 0. The molecule has 0 saturated carbocycles. The molecule has 0 bridgehead atoms. The number of carbonyl (C=O) groups is 2. The van der Waals surface area contributed by atoms with E-state index in [0.717, 1.165) is 22.0 Å². The number of ether oxygens (including phenoxy) is 2. The quantitative estimate of drug-likeness (QED) is 0.327. The number of carbonyl (C=O) groups excluding carboxylic acids is 2. The smallest absolute Gasteiger partial charge is 0.444 e. The molecule has 0 radical (unpaired) electrons. The van der Waals surface area contributed by atoms with E-state index in [1.165, 1.54) is 11.3 Å². The minimum absolute atomic E-state index is 0.0610. The summed E-state index contributed by atoms with van der Waals surface area (Å²) < 4.78 is 12.2. The van der Waals surface area contributed by atoms with Gasteiger partial charge in [0.25, 0.3) is 0 Å². The number of fused-ring (bicyclic) bond motifs is 1. The summed E-state index contributed by atoms with van der Waals surface area (Å²) in [7, 11) is 0. The summed E-state index contributed by atoms with van der Waals surface area (Å²) in [5, 5.41) is 3.38. The predicted octanol–water partition coefficient (Wildman–Crippen LogP) is 2.81. The third-order valence-electron chi connectivity index (χ3n) is 2.87. The van der Waals surface area contributed by atoms with Crippen molar-refractivity contribution in [2.24, 2.45) is 5.16 Å². The zero-order valence-electron chi connectivity index (χ0n) is 13.5. The number of aromatic nitrogens is 1. The molecule has 1 heterocycles. The molecule has 0 spiro atoms. The first kappa shape index (κ1) is 19.4. The maximum atomic E-state index is 11.5. The molecule has 0 aliphatic rings. The Balaban J connectivity index is 2.13. The van der Waals surface area contributed by atoms with Crippen LogP contribution in [-0.2, 0) is 20.9 Å².